The molecule has 2 aliphatic carbocycles. The number of hydrogen-bond acceptors (Lipinski definition) is 0. The molecule has 3 heteroatoms. The Morgan fingerprint density at radius 3 is 2.12 bits per heavy atom. The first-order valence-corrected chi connectivity index (χ1v) is 9.77. The van der Waals surface area contributed by atoms with Crippen LogP contribution in [-0.4, -0.2) is 0 Å². The Morgan fingerprint density at radius 1 is 0.731 bits per heavy atom. The van der Waals surface area contributed by atoms with Crippen molar-refractivity contribution in [3.8, 4) is 0 Å². The van der Waals surface area contributed by atoms with Gasteiger partial charge in [0.25, 0.3) is 0 Å². The lowest BCUT2D eigenvalue weighted by molar-refractivity contribution is 0.347. The molecule has 2 aromatic rings. The average molecular weight is 358 g/mol. The highest BCUT2D eigenvalue weighted by atomic mass is 19.2. The molecule has 0 saturated heterocycles. The molecule has 1 unspecified atom stereocenters. The fraction of sp³-hybridized carbons (Fsp3) is 0.478. The van der Waals surface area contributed by atoms with Crippen LogP contribution < -0.4 is 0 Å². The summed E-state index contributed by atoms with van der Waals surface area (Å²) in [5, 5.41) is 0. The van der Waals surface area contributed by atoms with Crippen LogP contribution in [0.5, 0.6) is 0 Å². The van der Waals surface area contributed by atoms with E-state index in [0.29, 0.717) is 24.3 Å². The van der Waals surface area contributed by atoms with Crippen LogP contribution >= 0.6 is 0 Å². The van der Waals surface area contributed by atoms with E-state index < -0.39 is 11.6 Å². The summed E-state index contributed by atoms with van der Waals surface area (Å²) >= 11 is 0. The van der Waals surface area contributed by atoms with Crippen LogP contribution in [0.4, 0.5) is 13.2 Å². The standard InChI is InChI=1S/C23H25F3/c1-14-2-4-15(5-3-14)16-8-9-20(21(24)11-16)18-7-6-17-12-22(25)23(26)13-19(17)10-18/h8-9,11-15,18H,2-7,10H2,1H3. The van der Waals surface area contributed by atoms with Crippen LogP contribution in [0, 0.1) is 23.4 Å². The minimum Gasteiger partial charge on any atom is -0.207 e. The summed E-state index contributed by atoms with van der Waals surface area (Å²) in [5.41, 5.74) is 3.49. The van der Waals surface area contributed by atoms with Crippen molar-refractivity contribution in [3.63, 3.8) is 0 Å². The third-order valence-corrected chi connectivity index (χ3v) is 6.42. The van der Waals surface area contributed by atoms with E-state index in [4.69, 9.17) is 0 Å². The Kier molecular flexibility index (Phi) is 4.81. The lowest BCUT2D eigenvalue weighted by Crippen LogP contribution is -2.16. The van der Waals surface area contributed by atoms with Gasteiger partial charge in [-0.15, -0.1) is 0 Å². The largest absolute Gasteiger partial charge is 0.207 e. The smallest absolute Gasteiger partial charge is 0.159 e. The zero-order valence-electron chi connectivity index (χ0n) is 15.2. The van der Waals surface area contributed by atoms with E-state index in [0.717, 1.165) is 41.9 Å². The predicted octanol–water partition coefficient (Wildman–Crippen LogP) is 6.67. The van der Waals surface area contributed by atoms with E-state index >= 15 is 0 Å². The van der Waals surface area contributed by atoms with Crippen LogP contribution in [0.2, 0.25) is 0 Å². The van der Waals surface area contributed by atoms with E-state index in [1.165, 1.54) is 25.0 Å². The molecule has 0 bridgehead atoms. The molecular weight excluding hydrogens is 333 g/mol. The maximum absolute atomic E-state index is 14.9. The van der Waals surface area contributed by atoms with Gasteiger partial charge in [-0.2, -0.15) is 0 Å². The predicted molar refractivity (Wildman–Crippen MR) is 97.9 cm³/mol. The molecule has 4 rings (SSSR count). The number of hydrogen-bond donors (Lipinski definition) is 0. The van der Waals surface area contributed by atoms with Gasteiger partial charge in [-0.3, -0.25) is 0 Å². The van der Waals surface area contributed by atoms with Crippen molar-refractivity contribution in [1.82, 2.24) is 0 Å². The first kappa shape index (κ1) is 17.6. The topological polar surface area (TPSA) is 0 Å². The molecule has 0 nitrogen and oxygen atoms in total. The maximum atomic E-state index is 14.9. The van der Waals surface area contributed by atoms with Crippen LogP contribution in [0.3, 0.4) is 0 Å². The second-order valence-corrected chi connectivity index (χ2v) is 8.21. The van der Waals surface area contributed by atoms with Crippen LogP contribution in [0.15, 0.2) is 30.3 Å². The van der Waals surface area contributed by atoms with Gasteiger partial charge in [0.2, 0.25) is 0 Å². The van der Waals surface area contributed by atoms with E-state index in [9.17, 15) is 13.2 Å². The number of fused-ring (bicyclic) bond motifs is 1. The third-order valence-electron chi connectivity index (χ3n) is 6.42. The molecule has 0 aliphatic heterocycles. The van der Waals surface area contributed by atoms with Gasteiger partial charge in [-0.1, -0.05) is 31.9 Å². The van der Waals surface area contributed by atoms with Gasteiger partial charge in [0.05, 0.1) is 0 Å². The molecule has 0 amide bonds. The summed E-state index contributed by atoms with van der Waals surface area (Å²) in [6.07, 6.45) is 6.73. The molecule has 0 N–H and O–H groups in total. The number of rotatable bonds is 2. The van der Waals surface area contributed by atoms with Gasteiger partial charge in [0, 0.05) is 0 Å². The summed E-state index contributed by atoms with van der Waals surface area (Å²) in [6.45, 7) is 2.29. The fourth-order valence-electron chi connectivity index (χ4n) is 4.74. The van der Waals surface area contributed by atoms with Gasteiger partial charge in [0.1, 0.15) is 5.82 Å². The Morgan fingerprint density at radius 2 is 1.42 bits per heavy atom. The fourth-order valence-corrected chi connectivity index (χ4v) is 4.74. The molecule has 2 aliphatic rings. The summed E-state index contributed by atoms with van der Waals surface area (Å²) in [6, 6.07) is 8.31. The zero-order valence-corrected chi connectivity index (χ0v) is 15.2. The zero-order chi connectivity index (χ0) is 18.3. The second-order valence-electron chi connectivity index (χ2n) is 8.21. The Hall–Kier alpha value is -1.77. The number of halogens is 3. The molecule has 2 aromatic carbocycles. The minimum atomic E-state index is -0.813. The average Bonchev–Trinajstić information content (AvgIpc) is 2.63. The molecule has 0 aromatic heterocycles. The SMILES string of the molecule is CC1CCC(c2ccc(C3CCc4cc(F)c(F)cc4C3)c(F)c2)CC1. The third kappa shape index (κ3) is 3.41. The van der Waals surface area contributed by atoms with Crippen molar-refractivity contribution >= 4 is 0 Å². The van der Waals surface area contributed by atoms with Crippen molar-refractivity contribution < 1.29 is 13.2 Å². The molecule has 1 saturated carbocycles. The summed E-state index contributed by atoms with van der Waals surface area (Å²) in [4.78, 5) is 0. The molecule has 0 radical (unpaired) electrons. The molecule has 26 heavy (non-hydrogen) atoms. The molecule has 1 atom stereocenters. The normalized spacial score (nSPS) is 25.8. The minimum absolute atomic E-state index is 0.0350. The monoisotopic (exact) mass is 358 g/mol. The van der Waals surface area contributed by atoms with Gasteiger partial charge >= 0.3 is 0 Å². The van der Waals surface area contributed by atoms with Crippen molar-refractivity contribution in [2.24, 2.45) is 5.92 Å². The van der Waals surface area contributed by atoms with Gasteiger partial charge in [-0.05, 0) is 90.3 Å². The van der Waals surface area contributed by atoms with E-state index in [1.807, 2.05) is 6.07 Å². The summed E-state index contributed by atoms with van der Waals surface area (Å²) in [7, 11) is 0. The number of aryl methyl sites for hydroxylation is 1. The van der Waals surface area contributed by atoms with Crippen molar-refractivity contribution in [2.75, 3.05) is 0 Å². The molecule has 0 spiro atoms. The Balaban J connectivity index is 1.54. The lowest BCUT2D eigenvalue weighted by Gasteiger charge is -2.28. The van der Waals surface area contributed by atoms with Gasteiger partial charge in [0.15, 0.2) is 11.6 Å². The summed E-state index contributed by atoms with van der Waals surface area (Å²) < 4.78 is 41.8. The number of benzene rings is 2. The molecule has 138 valence electrons. The lowest BCUT2D eigenvalue weighted by atomic mass is 9.77. The second kappa shape index (κ2) is 7.09. The van der Waals surface area contributed by atoms with Crippen LogP contribution in [0.25, 0.3) is 0 Å². The van der Waals surface area contributed by atoms with Gasteiger partial charge < -0.3 is 0 Å². The first-order chi connectivity index (χ1) is 12.5. The van der Waals surface area contributed by atoms with Crippen molar-refractivity contribution in [3.05, 3.63) is 70.0 Å². The van der Waals surface area contributed by atoms with Crippen molar-refractivity contribution in [2.45, 2.75) is 63.7 Å². The Labute approximate surface area is 153 Å². The quantitative estimate of drug-likeness (QED) is 0.562. The van der Waals surface area contributed by atoms with E-state index in [1.54, 1.807) is 6.07 Å². The maximum Gasteiger partial charge on any atom is 0.159 e. The highest BCUT2D eigenvalue weighted by Crippen LogP contribution is 2.38. The molecule has 1 fully saturated rings. The highest BCUT2D eigenvalue weighted by molar-refractivity contribution is 5.37. The van der Waals surface area contributed by atoms with Crippen molar-refractivity contribution in [1.29, 1.82) is 0 Å². The molecular formula is C23H25F3. The first-order valence-electron chi connectivity index (χ1n) is 9.77. The highest BCUT2D eigenvalue weighted by Gasteiger charge is 2.26. The van der Waals surface area contributed by atoms with Crippen LogP contribution in [0.1, 0.15) is 73.1 Å². The van der Waals surface area contributed by atoms with E-state index in [2.05, 4.69) is 13.0 Å². The summed E-state index contributed by atoms with van der Waals surface area (Å²) in [5.74, 6) is -0.460. The molecule has 0 heterocycles. The Bertz CT molecular complexity index is 803. The van der Waals surface area contributed by atoms with E-state index in [-0.39, 0.29) is 11.7 Å². The van der Waals surface area contributed by atoms with Gasteiger partial charge in [-0.25, -0.2) is 13.2 Å². The van der Waals surface area contributed by atoms with Crippen LogP contribution in [-0.2, 0) is 12.8 Å².